The van der Waals surface area contributed by atoms with Gasteiger partial charge in [-0.3, -0.25) is 4.98 Å². The maximum atomic E-state index is 13.2. The molecule has 0 aliphatic rings. The number of aryl methyl sites for hydroxylation is 1. The van der Waals surface area contributed by atoms with Crippen LogP contribution in [0.4, 0.5) is 19.0 Å². The Morgan fingerprint density at radius 2 is 1.81 bits per heavy atom. The average Bonchev–Trinajstić information content (AvgIpc) is 3.23. The highest BCUT2D eigenvalue weighted by molar-refractivity contribution is 5.93. The van der Waals surface area contributed by atoms with Crippen LogP contribution in [0.3, 0.4) is 0 Å². The second-order valence-electron chi connectivity index (χ2n) is 8.72. The van der Waals surface area contributed by atoms with E-state index >= 15 is 0 Å². The summed E-state index contributed by atoms with van der Waals surface area (Å²) in [7, 11) is 0. The number of hydrogen-bond donors (Lipinski definition) is 1. The Hall–Kier alpha value is -4.45. The molecule has 0 spiro atoms. The summed E-state index contributed by atoms with van der Waals surface area (Å²) in [6.07, 6.45) is -1.38. The molecule has 0 aliphatic carbocycles. The zero-order valence-corrected chi connectivity index (χ0v) is 19.7. The van der Waals surface area contributed by atoms with Crippen LogP contribution in [-0.4, -0.2) is 24.7 Å². The van der Waals surface area contributed by atoms with Gasteiger partial charge in [0.25, 0.3) is 0 Å². The minimum atomic E-state index is -4.42. The highest BCUT2D eigenvalue weighted by Crippen LogP contribution is 2.33. The van der Waals surface area contributed by atoms with Crippen molar-refractivity contribution in [3.8, 4) is 23.1 Å². The summed E-state index contributed by atoms with van der Waals surface area (Å²) >= 11 is 0. The number of pyridine rings is 1. The minimum absolute atomic E-state index is 0.0510. The minimum Gasteiger partial charge on any atom is -0.383 e. The van der Waals surface area contributed by atoms with Gasteiger partial charge in [-0.15, -0.1) is 0 Å². The summed E-state index contributed by atoms with van der Waals surface area (Å²) in [5.41, 5.74) is 9.01. The van der Waals surface area contributed by atoms with Gasteiger partial charge in [0, 0.05) is 28.8 Å². The summed E-state index contributed by atoms with van der Waals surface area (Å²) < 4.78 is 41.3. The lowest BCUT2D eigenvalue weighted by atomic mass is 9.99. The zero-order chi connectivity index (χ0) is 25.6. The predicted molar refractivity (Wildman–Crippen MR) is 133 cm³/mol. The van der Waals surface area contributed by atoms with Crippen molar-refractivity contribution in [3.05, 3.63) is 77.4 Å². The lowest BCUT2D eigenvalue weighted by molar-refractivity contribution is -0.137. The van der Waals surface area contributed by atoms with Gasteiger partial charge in [-0.05, 0) is 55.8 Å². The highest BCUT2D eigenvalue weighted by atomic mass is 19.4. The van der Waals surface area contributed by atoms with Crippen LogP contribution in [0.25, 0.3) is 33.1 Å². The van der Waals surface area contributed by atoms with Gasteiger partial charge >= 0.3 is 6.18 Å². The average molecular weight is 487 g/mol. The number of nitrogens with zero attached hydrogens (tertiary/aromatic N) is 5. The molecule has 0 radical (unpaired) electrons. The molecule has 0 bridgehead atoms. The molecule has 3 aromatic heterocycles. The Bertz CT molecular complexity index is 1690. The molecule has 9 heteroatoms. The smallest absolute Gasteiger partial charge is 0.383 e. The third-order valence-corrected chi connectivity index (χ3v) is 5.91. The number of aromatic nitrogens is 5. The standard InChI is InChI=1S/C27H21F3N6/c1-15(2)36-26-24(25(31)33-14-34-26)22(35-36)10-9-20-16(3)7-8-17-12-23(32-13-21(17)20)18-5-4-6-19(11-18)27(28,29)30/h4-8,11-15H,1-3H3,(H2,31,33,34). The summed E-state index contributed by atoms with van der Waals surface area (Å²) in [6, 6.07) is 10.8. The number of fused-ring (bicyclic) bond motifs is 2. The molecule has 2 N–H and O–H groups in total. The molecule has 0 saturated heterocycles. The maximum Gasteiger partial charge on any atom is 0.416 e. The monoisotopic (exact) mass is 486 g/mol. The van der Waals surface area contributed by atoms with E-state index in [1.165, 1.54) is 12.4 Å². The predicted octanol–water partition coefficient (Wildman–Crippen LogP) is 5.93. The van der Waals surface area contributed by atoms with E-state index in [9.17, 15) is 13.2 Å². The van der Waals surface area contributed by atoms with Crippen molar-refractivity contribution in [2.75, 3.05) is 5.73 Å². The van der Waals surface area contributed by atoms with Gasteiger partial charge in [-0.1, -0.05) is 30.2 Å². The van der Waals surface area contributed by atoms with E-state index in [1.54, 1.807) is 23.0 Å². The highest BCUT2D eigenvalue weighted by Gasteiger charge is 2.30. The van der Waals surface area contributed by atoms with Crippen LogP contribution in [0, 0.1) is 18.8 Å². The Labute approximate surface area is 205 Å². The van der Waals surface area contributed by atoms with Crippen LogP contribution < -0.4 is 5.73 Å². The molecular weight excluding hydrogens is 465 g/mol. The first-order valence-electron chi connectivity index (χ1n) is 11.2. The molecule has 0 fully saturated rings. The zero-order valence-electron chi connectivity index (χ0n) is 19.7. The molecule has 0 unspecified atom stereocenters. The first kappa shape index (κ1) is 23.3. The van der Waals surface area contributed by atoms with Crippen LogP contribution in [0.1, 0.15) is 42.3 Å². The molecule has 3 heterocycles. The molecule has 5 rings (SSSR count). The molecule has 0 atom stereocenters. The molecule has 36 heavy (non-hydrogen) atoms. The number of halogens is 3. The van der Waals surface area contributed by atoms with Crippen molar-refractivity contribution in [1.82, 2.24) is 24.7 Å². The topological polar surface area (TPSA) is 82.5 Å². The van der Waals surface area contributed by atoms with Crippen LogP contribution >= 0.6 is 0 Å². The van der Waals surface area contributed by atoms with Crippen LogP contribution in [0.5, 0.6) is 0 Å². The number of nitrogen functional groups attached to an aromatic ring is 1. The van der Waals surface area contributed by atoms with E-state index in [1.807, 2.05) is 32.9 Å². The summed E-state index contributed by atoms with van der Waals surface area (Å²) in [5.74, 6) is 6.64. The SMILES string of the molecule is Cc1ccc2cc(-c3cccc(C(F)(F)F)c3)ncc2c1C#Cc1nn(C(C)C)c2ncnc(N)c12. The number of rotatable bonds is 2. The van der Waals surface area contributed by atoms with E-state index < -0.39 is 11.7 Å². The van der Waals surface area contributed by atoms with Crippen molar-refractivity contribution < 1.29 is 13.2 Å². The van der Waals surface area contributed by atoms with E-state index in [2.05, 4.69) is 31.9 Å². The molecule has 2 aromatic carbocycles. The lowest BCUT2D eigenvalue weighted by Crippen LogP contribution is -2.04. The summed E-state index contributed by atoms with van der Waals surface area (Å²) in [4.78, 5) is 12.9. The summed E-state index contributed by atoms with van der Waals surface area (Å²) in [5, 5.41) is 6.81. The second kappa shape index (κ2) is 8.64. The Balaban J connectivity index is 1.62. The molecule has 0 saturated carbocycles. The van der Waals surface area contributed by atoms with Crippen molar-refractivity contribution in [2.45, 2.75) is 33.0 Å². The van der Waals surface area contributed by atoms with Crippen molar-refractivity contribution in [1.29, 1.82) is 0 Å². The van der Waals surface area contributed by atoms with E-state index in [4.69, 9.17) is 5.73 Å². The first-order chi connectivity index (χ1) is 17.1. The number of nitrogens with two attached hydrogens (primary N) is 1. The molecule has 5 aromatic rings. The quantitative estimate of drug-likeness (QED) is 0.313. The number of benzene rings is 2. The number of hydrogen-bond acceptors (Lipinski definition) is 5. The molecule has 180 valence electrons. The van der Waals surface area contributed by atoms with E-state index in [0.717, 1.165) is 34.0 Å². The fourth-order valence-electron chi connectivity index (χ4n) is 4.07. The molecule has 0 aliphatic heterocycles. The van der Waals surface area contributed by atoms with Crippen LogP contribution in [-0.2, 0) is 6.18 Å². The van der Waals surface area contributed by atoms with Crippen LogP contribution in [0.15, 0.2) is 55.0 Å². The third kappa shape index (κ3) is 4.11. The summed E-state index contributed by atoms with van der Waals surface area (Å²) in [6.45, 7) is 5.92. The lowest BCUT2D eigenvalue weighted by Gasteiger charge is -2.10. The van der Waals surface area contributed by atoms with Gasteiger partial charge in [-0.2, -0.15) is 18.3 Å². The van der Waals surface area contributed by atoms with Gasteiger partial charge in [-0.25, -0.2) is 14.6 Å². The van der Waals surface area contributed by atoms with E-state index in [-0.39, 0.29) is 6.04 Å². The van der Waals surface area contributed by atoms with E-state index in [0.29, 0.717) is 33.8 Å². The van der Waals surface area contributed by atoms with Gasteiger partial charge in [0.2, 0.25) is 0 Å². The number of anilines is 1. The fraction of sp³-hybridized carbons (Fsp3) is 0.185. The molecular formula is C27H21F3N6. The van der Waals surface area contributed by atoms with Crippen molar-refractivity contribution in [2.24, 2.45) is 0 Å². The van der Waals surface area contributed by atoms with Crippen molar-refractivity contribution >= 4 is 27.6 Å². The Morgan fingerprint density at radius 3 is 2.56 bits per heavy atom. The van der Waals surface area contributed by atoms with Gasteiger partial charge in [0.1, 0.15) is 17.8 Å². The first-order valence-corrected chi connectivity index (χ1v) is 11.2. The molecule has 6 nitrogen and oxygen atoms in total. The largest absolute Gasteiger partial charge is 0.416 e. The van der Waals surface area contributed by atoms with Gasteiger partial charge < -0.3 is 5.73 Å². The number of alkyl halides is 3. The Morgan fingerprint density at radius 1 is 1.00 bits per heavy atom. The van der Waals surface area contributed by atoms with Crippen LogP contribution in [0.2, 0.25) is 0 Å². The third-order valence-electron chi connectivity index (χ3n) is 5.91. The van der Waals surface area contributed by atoms with Crippen molar-refractivity contribution in [3.63, 3.8) is 0 Å². The van der Waals surface area contributed by atoms with Gasteiger partial charge in [0.15, 0.2) is 5.65 Å². The maximum absolute atomic E-state index is 13.2. The normalized spacial score (nSPS) is 11.8. The second-order valence-corrected chi connectivity index (χ2v) is 8.72. The van der Waals surface area contributed by atoms with Gasteiger partial charge in [0.05, 0.1) is 16.6 Å². The Kier molecular flexibility index (Phi) is 5.59. The fourth-order valence-corrected chi connectivity index (χ4v) is 4.07. The molecule has 0 amide bonds.